The molecule has 0 saturated heterocycles. The third-order valence-electron chi connectivity index (χ3n) is 2.87. The Kier molecular flexibility index (Phi) is 2.54. The van der Waals surface area contributed by atoms with E-state index < -0.39 is 0 Å². The maximum atomic E-state index is 8.88. The molecule has 0 unspecified atom stereocenters. The molecule has 0 fully saturated rings. The van der Waals surface area contributed by atoms with E-state index in [1.165, 1.54) is 0 Å². The van der Waals surface area contributed by atoms with Crippen molar-refractivity contribution >= 4 is 10.9 Å². The summed E-state index contributed by atoms with van der Waals surface area (Å²) in [6.07, 6.45) is 1.83. The fourth-order valence-electron chi connectivity index (χ4n) is 2.01. The predicted molar refractivity (Wildman–Crippen MR) is 68.8 cm³/mol. The first-order valence-electron chi connectivity index (χ1n) is 5.67. The monoisotopic (exact) mass is 232 g/mol. The van der Waals surface area contributed by atoms with Crippen molar-refractivity contribution in [2.24, 2.45) is 0 Å². The molecule has 1 heterocycles. The van der Waals surface area contributed by atoms with Crippen LogP contribution in [0.15, 0.2) is 48.7 Å². The summed E-state index contributed by atoms with van der Waals surface area (Å²) in [5.74, 6) is 0. The van der Waals surface area contributed by atoms with Gasteiger partial charge in [0.05, 0.1) is 29.9 Å². The number of hydrogen-bond donors (Lipinski definition) is 0. The van der Waals surface area contributed by atoms with Crippen LogP contribution < -0.4 is 0 Å². The van der Waals surface area contributed by atoms with Crippen LogP contribution in [0.25, 0.3) is 10.9 Å². The molecule has 3 rings (SSSR count). The van der Waals surface area contributed by atoms with E-state index in [0.29, 0.717) is 12.1 Å². The Bertz CT molecular complexity index is 735. The maximum Gasteiger partial charge on any atom is 0.0991 e. The molecule has 18 heavy (non-hydrogen) atoms. The van der Waals surface area contributed by atoms with Crippen molar-refractivity contribution in [3.8, 4) is 6.07 Å². The third kappa shape index (κ3) is 1.85. The maximum absolute atomic E-state index is 8.88. The topological polar surface area (TPSA) is 41.6 Å². The Balaban J connectivity index is 1.99. The lowest BCUT2D eigenvalue weighted by molar-refractivity contribution is 0.712. The fourth-order valence-corrected chi connectivity index (χ4v) is 2.01. The van der Waals surface area contributed by atoms with Gasteiger partial charge in [-0.05, 0) is 35.9 Å². The van der Waals surface area contributed by atoms with Crippen LogP contribution in [0.4, 0.5) is 0 Å². The first-order valence-corrected chi connectivity index (χ1v) is 5.67. The Hall–Kier alpha value is -2.60. The van der Waals surface area contributed by atoms with E-state index in [0.717, 1.165) is 16.5 Å². The van der Waals surface area contributed by atoms with Crippen LogP contribution in [0.1, 0.15) is 11.1 Å². The molecule has 0 spiro atoms. The lowest BCUT2D eigenvalue weighted by Crippen LogP contribution is -2.01. The van der Waals surface area contributed by atoms with Gasteiger partial charge in [0, 0.05) is 5.39 Å². The van der Waals surface area contributed by atoms with E-state index in [-0.39, 0.29) is 0 Å². The molecule has 3 aromatic rings. The fraction of sp³-hybridized carbons (Fsp3) is 0.0667. The van der Waals surface area contributed by atoms with Crippen molar-refractivity contribution in [3.63, 3.8) is 0 Å². The quantitative estimate of drug-likeness (QED) is 0.681. The number of benzene rings is 2. The molecule has 2 aromatic carbocycles. The molecule has 0 atom stereocenters. The smallest absolute Gasteiger partial charge is 0.0991 e. The summed E-state index contributed by atoms with van der Waals surface area (Å²) >= 11 is 0. The van der Waals surface area contributed by atoms with Gasteiger partial charge in [-0.3, -0.25) is 4.68 Å². The minimum Gasteiger partial charge on any atom is -0.260 e. The van der Waals surface area contributed by atoms with Crippen LogP contribution in [0.2, 0.25) is 0 Å². The largest absolute Gasteiger partial charge is 0.260 e. The number of hydrogen-bond acceptors (Lipinski definition) is 2. The Labute approximate surface area is 105 Å². The van der Waals surface area contributed by atoms with Gasteiger partial charge in [-0.1, -0.05) is 18.2 Å². The van der Waals surface area contributed by atoms with Crippen LogP contribution in [-0.4, -0.2) is 9.78 Å². The average Bonchev–Trinajstić information content (AvgIpc) is 2.83. The molecule has 0 aliphatic heterocycles. The van der Waals surface area contributed by atoms with Gasteiger partial charge in [0.25, 0.3) is 0 Å². The van der Waals surface area contributed by atoms with Crippen molar-refractivity contribution in [2.75, 3.05) is 0 Å². The lowest BCUT2D eigenvalue weighted by Gasteiger charge is -2.04. The molecular formula is C15H10N3. The van der Waals surface area contributed by atoms with Crippen molar-refractivity contribution in [2.45, 2.75) is 6.54 Å². The number of nitriles is 1. The van der Waals surface area contributed by atoms with Crippen molar-refractivity contribution in [3.05, 3.63) is 65.9 Å². The van der Waals surface area contributed by atoms with Gasteiger partial charge < -0.3 is 0 Å². The van der Waals surface area contributed by atoms with Gasteiger partial charge in [0.1, 0.15) is 0 Å². The molecule has 0 saturated carbocycles. The molecule has 0 amide bonds. The minimum absolute atomic E-state index is 0.670. The second-order valence-electron chi connectivity index (χ2n) is 4.10. The van der Waals surface area contributed by atoms with Crippen molar-refractivity contribution < 1.29 is 0 Å². The van der Waals surface area contributed by atoms with E-state index in [4.69, 9.17) is 5.26 Å². The summed E-state index contributed by atoms with van der Waals surface area (Å²) in [4.78, 5) is 0. The molecule has 3 heteroatoms. The number of nitrogens with zero attached hydrogens (tertiary/aromatic N) is 3. The van der Waals surface area contributed by atoms with Crippen LogP contribution >= 0.6 is 0 Å². The van der Waals surface area contributed by atoms with Crippen molar-refractivity contribution in [1.82, 2.24) is 9.78 Å². The van der Waals surface area contributed by atoms with Gasteiger partial charge in [-0.25, -0.2) is 0 Å². The molecule has 3 nitrogen and oxygen atoms in total. The zero-order valence-electron chi connectivity index (χ0n) is 9.67. The van der Waals surface area contributed by atoms with Crippen LogP contribution in [0.3, 0.4) is 0 Å². The first-order chi connectivity index (χ1) is 8.86. The van der Waals surface area contributed by atoms with Gasteiger partial charge in [0.15, 0.2) is 0 Å². The molecule has 85 valence electrons. The Morgan fingerprint density at radius 2 is 2.28 bits per heavy atom. The number of aromatic nitrogens is 2. The zero-order chi connectivity index (χ0) is 12.4. The highest BCUT2D eigenvalue weighted by Gasteiger charge is 2.03. The summed E-state index contributed by atoms with van der Waals surface area (Å²) < 4.78 is 1.93. The summed E-state index contributed by atoms with van der Waals surface area (Å²) in [5, 5.41) is 14.3. The predicted octanol–water partition coefficient (Wildman–Crippen LogP) is 2.76. The average molecular weight is 232 g/mol. The van der Waals surface area contributed by atoms with Crippen LogP contribution in [-0.2, 0) is 6.54 Å². The molecule has 0 aliphatic rings. The summed E-state index contributed by atoms with van der Waals surface area (Å²) in [7, 11) is 0. The highest BCUT2D eigenvalue weighted by molar-refractivity contribution is 5.78. The minimum atomic E-state index is 0.670. The lowest BCUT2D eigenvalue weighted by atomic mass is 10.1. The van der Waals surface area contributed by atoms with Gasteiger partial charge in [-0.2, -0.15) is 10.4 Å². The highest BCUT2D eigenvalue weighted by Crippen LogP contribution is 2.14. The van der Waals surface area contributed by atoms with E-state index >= 15 is 0 Å². The highest BCUT2D eigenvalue weighted by atomic mass is 15.3. The Morgan fingerprint density at radius 3 is 3.17 bits per heavy atom. The van der Waals surface area contributed by atoms with Crippen LogP contribution in [0.5, 0.6) is 0 Å². The molecule has 1 radical (unpaired) electrons. The van der Waals surface area contributed by atoms with E-state index in [2.05, 4.69) is 17.2 Å². The Morgan fingerprint density at radius 1 is 1.33 bits per heavy atom. The number of rotatable bonds is 2. The molecular weight excluding hydrogens is 222 g/mol. The van der Waals surface area contributed by atoms with E-state index in [1.54, 1.807) is 6.07 Å². The first kappa shape index (κ1) is 10.5. The number of fused-ring (bicyclic) bond motifs is 1. The standard InChI is InChI=1S/C15H10N3/c16-9-12-4-3-5-13(8-12)11-18-15-7-2-1-6-14(15)10-17-18/h2-8,10H,11H2. The molecule has 1 aromatic heterocycles. The molecule has 0 N–H and O–H groups in total. The van der Waals surface area contributed by atoms with E-state index in [1.807, 2.05) is 47.3 Å². The zero-order valence-corrected chi connectivity index (χ0v) is 9.67. The van der Waals surface area contributed by atoms with Crippen LogP contribution in [0, 0.1) is 17.4 Å². The summed E-state index contributed by atoms with van der Waals surface area (Å²) in [6, 6.07) is 18.6. The summed E-state index contributed by atoms with van der Waals surface area (Å²) in [5.41, 5.74) is 2.83. The second-order valence-corrected chi connectivity index (χ2v) is 4.10. The SMILES string of the molecule is N#Cc1cccc(Cn2ncc3c[c]ccc32)c1. The molecule has 0 bridgehead atoms. The van der Waals surface area contributed by atoms with Gasteiger partial charge in [0.2, 0.25) is 0 Å². The van der Waals surface area contributed by atoms with Gasteiger partial charge >= 0.3 is 0 Å². The normalized spacial score (nSPS) is 10.4. The van der Waals surface area contributed by atoms with E-state index in [9.17, 15) is 0 Å². The van der Waals surface area contributed by atoms with Crippen molar-refractivity contribution in [1.29, 1.82) is 5.26 Å². The molecule has 0 aliphatic carbocycles. The van der Waals surface area contributed by atoms with Gasteiger partial charge in [-0.15, -0.1) is 0 Å². The summed E-state index contributed by atoms with van der Waals surface area (Å²) in [6.45, 7) is 0.670. The third-order valence-corrected chi connectivity index (χ3v) is 2.87. The second kappa shape index (κ2) is 4.34.